The topological polar surface area (TPSA) is 223 Å². The third kappa shape index (κ3) is 9.09. The number of hydrogen-bond donors (Lipinski definition) is 3. The van der Waals surface area contributed by atoms with Crippen LogP contribution in [0.3, 0.4) is 0 Å². The number of aromatic nitrogens is 2. The number of hydroxylamine groups is 2. The zero-order chi connectivity index (χ0) is 25.8. The minimum absolute atomic E-state index is 0. The molecule has 4 N–H and O–H groups in total. The average Bonchev–Trinajstić information content (AvgIpc) is 3.21. The van der Waals surface area contributed by atoms with Crippen LogP contribution >= 0.6 is 0 Å². The molecule has 3 heterocycles. The number of rotatable bonds is 7. The molecule has 0 radical (unpaired) electrons. The van der Waals surface area contributed by atoms with E-state index in [4.69, 9.17) is 15.6 Å². The summed E-state index contributed by atoms with van der Waals surface area (Å²) in [6, 6.07) is -2.30. The summed E-state index contributed by atoms with van der Waals surface area (Å²) < 4.78 is 69.6. The van der Waals surface area contributed by atoms with Gasteiger partial charge >= 0.3 is 41.8 Å². The number of amides is 3. The molecule has 3 atom stereocenters. The van der Waals surface area contributed by atoms with Crippen LogP contribution in [0.15, 0.2) is 12.5 Å². The number of anilines is 1. The van der Waals surface area contributed by atoms with E-state index < -0.39 is 52.7 Å². The fourth-order valence-corrected chi connectivity index (χ4v) is 3.60. The minimum Gasteiger partial charge on any atom is -0.724 e. The number of nitrogens with zero attached hydrogens (tertiary/aromatic N) is 4. The molecule has 20 heteroatoms. The third-order valence-electron chi connectivity index (χ3n) is 4.62. The number of carbonyl (C=O) groups is 3. The summed E-state index contributed by atoms with van der Waals surface area (Å²) in [5.41, 5.74) is 5.48. The first-order chi connectivity index (χ1) is 15.6. The van der Waals surface area contributed by atoms with Gasteiger partial charge in [-0.3, -0.25) is 4.79 Å². The normalized spacial score (nSPS) is 20.4. The fourth-order valence-electron chi connectivity index (χ4n) is 3.22. The van der Waals surface area contributed by atoms with Crippen molar-refractivity contribution in [1.82, 2.24) is 24.8 Å². The number of aliphatic hydroxyl groups is 1. The van der Waals surface area contributed by atoms with Crippen molar-refractivity contribution < 1.29 is 84.6 Å². The van der Waals surface area contributed by atoms with Gasteiger partial charge in [-0.1, -0.05) is 0 Å². The average molecular weight is 539 g/mol. The molecule has 0 aliphatic carbocycles. The van der Waals surface area contributed by atoms with E-state index in [0.29, 0.717) is 17.3 Å². The Balaban J connectivity index is 0.000000672. The molecule has 0 spiro atoms. The van der Waals surface area contributed by atoms with Gasteiger partial charge in [0.15, 0.2) is 0 Å². The number of carbonyl (C=O) groups excluding carboxylic acids is 3. The fraction of sp³-hybridized carbons (Fsp3) is 0.600. The van der Waals surface area contributed by atoms with Crippen LogP contribution < -0.4 is 45.7 Å². The quantitative estimate of drug-likeness (QED) is 0.168. The Morgan fingerprint density at radius 2 is 1.97 bits per heavy atom. The van der Waals surface area contributed by atoms with E-state index in [1.807, 2.05) is 0 Å². The van der Waals surface area contributed by atoms with Gasteiger partial charge in [-0.05, 0) is 12.8 Å². The van der Waals surface area contributed by atoms with Crippen molar-refractivity contribution >= 4 is 34.1 Å². The summed E-state index contributed by atoms with van der Waals surface area (Å²) in [5, 5.41) is 21.8. The second-order valence-corrected chi connectivity index (χ2v) is 8.14. The van der Waals surface area contributed by atoms with E-state index in [9.17, 15) is 40.8 Å². The Kier molecular flexibility index (Phi) is 10.8. The van der Waals surface area contributed by atoms with Gasteiger partial charge in [0.25, 0.3) is 0 Å². The summed E-state index contributed by atoms with van der Waals surface area (Å²) >= 11 is 0. The second-order valence-electron chi connectivity index (χ2n) is 7.17. The number of carboxylic acid groups (broad SMARTS) is 1. The van der Waals surface area contributed by atoms with E-state index in [1.54, 1.807) is 4.57 Å². The summed E-state index contributed by atoms with van der Waals surface area (Å²) in [6.45, 7) is 0.181. The van der Waals surface area contributed by atoms with E-state index >= 15 is 0 Å². The van der Waals surface area contributed by atoms with Crippen molar-refractivity contribution in [2.24, 2.45) is 0 Å². The zero-order valence-electron chi connectivity index (χ0n) is 18.0. The Morgan fingerprint density at radius 3 is 2.46 bits per heavy atom. The molecule has 2 aliphatic rings. The van der Waals surface area contributed by atoms with Gasteiger partial charge < -0.3 is 40.1 Å². The SMILES string of the molecule is Nc1cn(CC(O)CNC(=O)[C@@H]2CC[C@@H]3CN2C(=O)N3OS(=O)(=O)[O-])cn1.O=C([O-])C(F)(F)F.[Na+]. The van der Waals surface area contributed by atoms with Crippen molar-refractivity contribution in [1.29, 1.82) is 0 Å². The number of alkyl halides is 3. The van der Waals surface area contributed by atoms with E-state index in [0.717, 1.165) is 4.90 Å². The molecule has 2 saturated heterocycles. The largest absolute Gasteiger partial charge is 1.00 e. The van der Waals surface area contributed by atoms with Gasteiger partial charge in [0.05, 0.1) is 25.0 Å². The first-order valence-electron chi connectivity index (χ1n) is 9.35. The van der Waals surface area contributed by atoms with E-state index in [2.05, 4.69) is 14.6 Å². The summed E-state index contributed by atoms with van der Waals surface area (Å²) in [7, 11) is -5.09. The Morgan fingerprint density at radius 1 is 1.37 bits per heavy atom. The van der Waals surface area contributed by atoms with Crippen LogP contribution in [0.1, 0.15) is 12.8 Å². The molecule has 2 fully saturated rings. The van der Waals surface area contributed by atoms with E-state index in [-0.39, 0.29) is 55.6 Å². The van der Waals surface area contributed by atoms with E-state index in [1.165, 1.54) is 12.5 Å². The molecule has 15 nitrogen and oxygen atoms in total. The summed E-state index contributed by atoms with van der Waals surface area (Å²) in [4.78, 5) is 38.4. The van der Waals surface area contributed by atoms with Crippen LogP contribution in [-0.4, -0.2) is 93.0 Å². The number of aliphatic carboxylic acids is 1. The van der Waals surface area contributed by atoms with Gasteiger partial charge in [-0.25, -0.2) is 18.2 Å². The Bertz CT molecular complexity index is 1020. The maximum Gasteiger partial charge on any atom is 1.00 e. The molecule has 3 amide bonds. The zero-order valence-corrected chi connectivity index (χ0v) is 20.9. The van der Waals surface area contributed by atoms with Crippen LogP contribution in [0.25, 0.3) is 0 Å². The van der Waals surface area contributed by atoms with Crippen LogP contribution in [-0.2, 0) is 30.8 Å². The molecule has 192 valence electrons. The van der Waals surface area contributed by atoms with Crippen molar-refractivity contribution in [3.05, 3.63) is 12.5 Å². The number of halogens is 3. The van der Waals surface area contributed by atoms with Gasteiger partial charge in [-0.2, -0.15) is 22.5 Å². The second kappa shape index (κ2) is 12.2. The number of aliphatic hydroxyl groups excluding tert-OH is 1. The van der Waals surface area contributed by atoms with Gasteiger partial charge in [0, 0.05) is 19.3 Å². The smallest absolute Gasteiger partial charge is 0.724 e. The Hall–Kier alpha value is -2.16. The molecule has 0 aromatic carbocycles. The van der Waals surface area contributed by atoms with Gasteiger partial charge in [0.1, 0.15) is 17.8 Å². The predicted octanol–water partition coefficient (Wildman–Crippen LogP) is -6.09. The molecule has 0 saturated carbocycles. The van der Waals surface area contributed by atoms with Gasteiger partial charge in [-0.15, -0.1) is 0 Å². The van der Waals surface area contributed by atoms with Crippen molar-refractivity contribution in [3.8, 4) is 0 Å². The number of fused-ring (bicyclic) bond motifs is 2. The number of urea groups is 1. The first kappa shape index (κ1) is 30.9. The van der Waals surface area contributed by atoms with Crippen molar-refractivity contribution in [2.75, 3.05) is 18.8 Å². The molecule has 1 unspecified atom stereocenters. The molecule has 1 aromatic heterocycles. The van der Waals surface area contributed by atoms with Gasteiger partial charge in [0.2, 0.25) is 16.3 Å². The summed E-state index contributed by atoms with van der Waals surface area (Å²) in [5.74, 6) is -3.19. The first-order valence-corrected chi connectivity index (χ1v) is 10.7. The number of imidazole rings is 1. The van der Waals surface area contributed by atoms with Crippen LogP contribution in [0.2, 0.25) is 0 Å². The number of nitrogens with one attached hydrogen (secondary N) is 1. The maximum absolute atomic E-state index is 12.4. The molecular weight excluding hydrogens is 520 g/mol. The van der Waals surface area contributed by atoms with Crippen LogP contribution in [0.4, 0.5) is 23.8 Å². The number of nitrogens with two attached hydrogens (primary N) is 1. The molecule has 1 aromatic rings. The number of piperidine rings is 1. The van der Waals surface area contributed by atoms with Crippen LogP contribution in [0.5, 0.6) is 0 Å². The van der Waals surface area contributed by atoms with Crippen molar-refractivity contribution in [2.45, 2.75) is 43.8 Å². The summed E-state index contributed by atoms with van der Waals surface area (Å²) in [6.07, 6.45) is -2.54. The standard InChI is InChI=1S/C13H20N6O7S.C2HF3O2.Na/c14-11-6-17(7-16-11)5-9(20)3-15-12(21)10-2-1-8-4-18(10)13(22)19(8)26-27(23,24)25;3-2(4,5)1(6)7;/h6-10,20H,1-5,14H2,(H,15,21)(H,23,24,25);(H,6,7);/q;;+1/p-2/t8-,9?,10+;;/m1../s1. The molecule has 2 aliphatic heterocycles. The van der Waals surface area contributed by atoms with Crippen molar-refractivity contribution in [3.63, 3.8) is 0 Å². The molecule has 35 heavy (non-hydrogen) atoms. The third-order valence-corrected chi connectivity index (χ3v) is 4.96. The maximum atomic E-state index is 12.4. The van der Waals surface area contributed by atoms with Crippen LogP contribution in [0, 0.1) is 0 Å². The molecule has 2 bridgehead atoms. The molecular formula is C15H19F3N6NaO9S-. The number of nitrogen functional groups attached to an aromatic ring is 1. The minimum atomic E-state index is -5.19. The predicted molar refractivity (Wildman–Crippen MR) is 98.3 cm³/mol. The monoisotopic (exact) mass is 539 g/mol. The molecule has 3 rings (SSSR count). The number of hydrogen-bond acceptors (Lipinski definition) is 11. The number of carboxylic acids is 1. The Labute approximate surface area is 218 Å².